The molecule has 0 bridgehead atoms. The minimum absolute atomic E-state index is 0.851. The lowest BCUT2D eigenvalue weighted by molar-refractivity contribution is 0.411. The lowest BCUT2D eigenvalue weighted by Gasteiger charge is -2.21. The summed E-state index contributed by atoms with van der Waals surface area (Å²) in [4.78, 5) is 4.37. The zero-order chi connectivity index (χ0) is 8.93. The van der Waals surface area contributed by atoms with Gasteiger partial charge < -0.3 is 10.6 Å². The van der Waals surface area contributed by atoms with Crippen LogP contribution in [-0.4, -0.2) is 37.1 Å². The van der Waals surface area contributed by atoms with Crippen molar-refractivity contribution in [3.05, 3.63) is 0 Å². The van der Waals surface area contributed by atoms with E-state index in [-0.39, 0.29) is 0 Å². The van der Waals surface area contributed by atoms with Crippen LogP contribution >= 0.6 is 11.8 Å². The first kappa shape index (κ1) is 9.34. The van der Waals surface area contributed by atoms with E-state index >= 15 is 0 Å². The Bertz CT molecular complexity index is 187. The number of hydrogen-bond donors (Lipinski definition) is 2. The van der Waals surface area contributed by atoms with Crippen molar-refractivity contribution in [3.63, 3.8) is 0 Å². The van der Waals surface area contributed by atoms with E-state index in [9.17, 15) is 0 Å². The maximum absolute atomic E-state index is 4.37. The Labute approximate surface area is 83.8 Å². The van der Waals surface area contributed by atoms with Crippen molar-refractivity contribution in [2.45, 2.75) is 12.8 Å². The summed E-state index contributed by atoms with van der Waals surface area (Å²) in [6, 6.07) is 0. The second-order valence-corrected chi connectivity index (χ2v) is 4.65. The SMILES string of the molecule is C1CNCC(CSC2=NCCN2)C1. The first-order valence-electron chi connectivity index (χ1n) is 5.07. The molecule has 0 amide bonds. The molecule has 4 heteroatoms. The Morgan fingerprint density at radius 3 is 3.15 bits per heavy atom. The highest BCUT2D eigenvalue weighted by molar-refractivity contribution is 8.13. The van der Waals surface area contributed by atoms with Gasteiger partial charge in [0, 0.05) is 12.3 Å². The molecule has 2 N–H and O–H groups in total. The van der Waals surface area contributed by atoms with Gasteiger partial charge in [0.1, 0.15) is 0 Å². The average molecular weight is 199 g/mol. The zero-order valence-corrected chi connectivity index (χ0v) is 8.70. The zero-order valence-electron chi connectivity index (χ0n) is 7.88. The van der Waals surface area contributed by atoms with Gasteiger partial charge in [-0.15, -0.1) is 0 Å². The first-order chi connectivity index (χ1) is 6.45. The summed E-state index contributed by atoms with van der Waals surface area (Å²) in [5, 5.41) is 7.88. The van der Waals surface area contributed by atoms with Gasteiger partial charge in [-0.05, 0) is 31.8 Å². The monoisotopic (exact) mass is 199 g/mol. The van der Waals surface area contributed by atoms with Crippen molar-refractivity contribution in [3.8, 4) is 0 Å². The van der Waals surface area contributed by atoms with E-state index in [4.69, 9.17) is 0 Å². The Morgan fingerprint density at radius 1 is 1.46 bits per heavy atom. The number of rotatable bonds is 2. The van der Waals surface area contributed by atoms with Crippen LogP contribution in [0.25, 0.3) is 0 Å². The van der Waals surface area contributed by atoms with E-state index in [0.717, 1.165) is 24.2 Å². The van der Waals surface area contributed by atoms with E-state index in [1.54, 1.807) is 0 Å². The van der Waals surface area contributed by atoms with Crippen LogP contribution in [0.2, 0.25) is 0 Å². The van der Waals surface area contributed by atoms with Gasteiger partial charge in [0.15, 0.2) is 5.17 Å². The highest BCUT2D eigenvalue weighted by Crippen LogP contribution is 2.17. The van der Waals surface area contributed by atoms with E-state index in [0.29, 0.717) is 0 Å². The summed E-state index contributed by atoms with van der Waals surface area (Å²) in [6.07, 6.45) is 2.72. The third-order valence-electron chi connectivity index (χ3n) is 2.50. The van der Waals surface area contributed by atoms with Gasteiger partial charge in [-0.1, -0.05) is 11.8 Å². The van der Waals surface area contributed by atoms with Crippen molar-refractivity contribution in [2.75, 3.05) is 31.9 Å². The molecular formula is C9H17N3S. The van der Waals surface area contributed by atoms with Crippen molar-refractivity contribution >= 4 is 16.9 Å². The van der Waals surface area contributed by atoms with Crippen LogP contribution in [0.3, 0.4) is 0 Å². The van der Waals surface area contributed by atoms with Gasteiger partial charge in [0.2, 0.25) is 0 Å². The number of nitrogens with zero attached hydrogens (tertiary/aromatic N) is 1. The van der Waals surface area contributed by atoms with Gasteiger partial charge in [-0.2, -0.15) is 0 Å². The molecule has 0 spiro atoms. The van der Waals surface area contributed by atoms with E-state index in [1.165, 1.54) is 31.7 Å². The standard InChI is InChI=1S/C9H17N3S/c1-2-8(6-10-3-1)7-13-9-11-4-5-12-9/h8,10H,1-7H2,(H,11,12). The summed E-state index contributed by atoms with van der Waals surface area (Å²) in [5.41, 5.74) is 0. The number of aliphatic imine (C=N–C) groups is 1. The summed E-state index contributed by atoms with van der Waals surface area (Å²) in [7, 11) is 0. The fourth-order valence-corrected chi connectivity index (χ4v) is 2.80. The highest BCUT2D eigenvalue weighted by Gasteiger charge is 2.14. The Balaban J connectivity index is 1.66. The van der Waals surface area contributed by atoms with E-state index in [2.05, 4.69) is 15.6 Å². The summed E-state index contributed by atoms with van der Waals surface area (Å²) in [6.45, 7) is 4.40. The second-order valence-electron chi connectivity index (χ2n) is 3.64. The maximum Gasteiger partial charge on any atom is 0.156 e. The largest absolute Gasteiger partial charge is 0.363 e. The number of hydrogen-bond acceptors (Lipinski definition) is 4. The third-order valence-corrected chi connectivity index (χ3v) is 3.68. The van der Waals surface area contributed by atoms with Crippen molar-refractivity contribution < 1.29 is 0 Å². The van der Waals surface area contributed by atoms with E-state index < -0.39 is 0 Å². The van der Waals surface area contributed by atoms with Gasteiger partial charge in [0.25, 0.3) is 0 Å². The molecule has 0 aliphatic carbocycles. The lowest BCUT2D eigenvalue weighted by Crippen LogP contribution is -2.31. The van der Waals surface area contributed by atoms with Crippen LogP contribution in [0.1, 0.15) is 12.8 Å². The first-order valence-corrected chi connectivity index (χ1v) is 6.05. The Kier molecular flexibility index (Phi) is 3.49. The Hall–Kier alpha value is -0.220. The number of piperidine rings is 1. The highest BCUT2D eigenvalue weighted by atomic mass is 32.2. The molecule has 1 atom stereocenters. The molecule has 1 saturated heterocycles. The third kappa shape index (κ3) is 2.88. The normalized spacial score (nSPS) is 28.3. The summed E-state index contributed by atoms with van der Waals surface area (Å²) in [5.74, 6) is 2.07. The van der Waals surface area contributed by atoms with Gasteiger partial charge in [-0.25, -0.2) is 0 Å². The van der Waals surface area contributed by atoms with Crippen molar-refractivity contribution in [1.29, 1.82) is 0 Å². The molecule has 0 saturated carbocycles. The number of nitrogens with one attached hydrogen (secondary N) is 2. The fourth-order valence-electron chi connectivity index (χ4n) is 1.74. The molecule has 0 aromatic rings. The predicted molar refractivity (Wildman–Crippen MR) is 58.4 cm³/mol. The topological polar surface area (TPSA) is 36.4 Å². The molecule has 0 aromatic heterocycles. The number of amidine groups is 1. The minimum Gasteiger partial charge on any atom is -0.363 e. The number of thioether (sulfide) groups is 1. The molecule has 74 valence electrons. The smallest absolute Gasteiger partial charge is 0.156 e. The van der Waals surface area contributed by atoms with Gasteiger partial charge >= 0.3 is 0 Å². The second kappa shape index (κ2) is 4.86. The average Bonchev–Trinajstić information content (AvgIpc) is 2.69. The molecule has 0 aromatic carbocycles. The maximum atomic E-state index is 4.37. The Morgan fingerprint density at radius 2 is 2.46 bits per heavy atom. The predicted octanol–water partition coefficient (Wildman–Crippen LogP) is 0.678. The van der Waals surface area contributed by atoms with E-state index in [1.807, 2.05) is 11.8 Å². The summed E-state index contributed by atoms with van der Waals surface area (Å²) >= 11 is 1.89. The molecular weight excluding hydrogens is 182 g/mol. The molecule has 2 heterocycles. The van der Waals surface area contributed by atoms with Crippen LogP contribution in [0.5, 0.6) is 0 Å². The fraction of sp³-hybridized carbons (Fsp3) is 0.889. The van der Waals surface area contributed by atoms with Crippen LogP contribution in [0, 0.1) is 5.92 Å². The molecule has 2 rings (SSSR count). The molecule has 2 aliphatic heterocycles. The molecule has 0 radical (unpaired) electrons. The molecule has 3 nitrogen and oxygen atoms in total. The van der Waals surface area contributed by atoms with Crippen molar-refractivity contribution in [2.24, 2.45) is 10.9 Å². The molecule has 2 aliphatic rings. The lowest BCUT2D eigenvalue weighted by atomic mass is 10.0. The van der Waals surface area contributed by atoms with Crippen LogP contribution < -0.4 is 10.6 Å². The van der Waals surface area contributed by atoms with Crippen LogP contribution in [0.4, 0.5) is 0 Å². The van der Waals surface area contributed by atoms with Gasteiger partial charge in [-0.3, -0.25) is 4.99 Å². The van der Waals surface area contributed by atoms with Crippen molar-refractivity contribution in [1.82, 2.24) is 10.6 Å². The molecule has 13 heavy (non-hydrogen) atoms. The van der Waals surface area contributed by atoms with Crippen LogP contribution in [0.15, 0.2) is 4.99 Å². The summed E-state index contributed by atoms with van der Waals surface area (Å²) < 4.78 is 0. The van der Waals surface area contributed by atoms with Crippen LogP contribution in [-0.2, 0) is 0 Å². The molecule has 1 unspecified atom stereocenters. The van der Waals surface area contributed by atoms with Gasteiger partial charge in [0.05, 0.1) is 6.54 Å². The minimum atomic E-state index is 0.851. The molecule has 1 fully saturated rings. The quantitative estimate of drug-likeness (QED) is 0.686.